The van der Waals surface area contributed by atoms with Crippen molar-refractivity contribution in [2.45, 2.75) is 13.5 Å². The van der Waals surface area contributed by atoms with E-state index in [2.05, 4.69) is 43.8 Å². The number of hydrogen-bond donors (Lipinski definition) is 2. The molecule has 2 N–H and O–H groups in total. The summed E-state index contributed by atoms with van der Waals surface area (Å²) >= 11 is 5.71. The van der Waals surface area contributed by atoms with Crippen molar-refractivity contribution in [3.05, 3.63) is 49.4 Å². The standard InChI is InChI=1S/C13H11BrINO3/c1-7-10(13(17)18)5-9(19-7)6-16-12-3-2-8(15)4-11(12)14/h2-5,16H,6H2,1H3,(H,17,18). The SMILES string of the molecule is Cc1oc(CNc2ccc(I)cc2Br)cc1C(=O)O. The fourth-order valence-corrected chi connectivity index (χ4v) is 3.10. The van der Waals surface area contributed by atoms with Crippen LogP contribution in [0.3, 0.4) is 0 Å². The lowest BCUT2D eigenvalue weighted by Crippen LogP contribution is -1.99. The monoisotopic (exact) mass is 435 g/mol. The van der Waals surface area contributed by atoms with E-state index in [1.54, 1.807) is 13.0 Å². The van der Waals surface area contributed by atoms with Crippen LogP contribution in [-0.4, -0.2) is 11.1 Å². The smallest absolute Gasteiger partial charge is 0.339 e. The number of hydrogen-bond acceptors (Lipinski definition) is 3. The molecule has 0 atom stereocenters. The van der Waals surface area contributed by atoms with E-state index in [1.807, 2.05) is 18.2 Å². The highest BCUT2D eigenvalue weighted by atomic mass is 127. The molecule has 0 saturated carbocycles. The first-order valence-electron chi connectivity index (χ1n) is 5.49. The Hall–Kier alpha value is -1.02. The molecule has 0 unspecified atom stereocenters. The summed E-state index contributed by atoms with van der Waals surface area (Å²) < 4.78 is 7.50. The quantitative estimate of drug-likeness (QED) is 0.704. The normalized spacial score (nSPS) is 10.5. The van der Waals surface area contributed by atoms with E-state index in [9.17, 15) is 4.79 Å². The Balaban J connectivity index is 2.10. The van der Waals surface area contributed by atoms with Gasteiger partial charge in [0.05, 0.1) is 6.54 Å². The van der Waals surface area contributed by atoms with Crippen LogP contribution in [0.2, 0.25) is 0 Å². The molecule has 4 nitrogen and oxygen atoms in total. The Morgan fingerprint density at radius 1 is 1.47 bits per heavy atom. The van der Waals surface area contributed by atoms with Crippen molar-refractivity contribution in [1.29, 1.82) is 0 Å². The van der Waals surface area contributed by atoms with Crippen molar-refractivity contribution >= 4 is 50.2 Å². The lowest BCUT2D eigenvalue weighted by molar-refractivity contribution is 0.0695. The number of nitrogens with one attached hydrogen (secondary N) is 1. The van der Waals surface area contributed by atoms with Crippen molar-refractivity contribution in [2.24, 2.45) is 0 Å². The van der Waals surface area contributed by atoms with Gasteiger partial charge in [-0.15, -0.1) is 0 Å². The number of rotatable bonds is 4. The van der Waals surface area contributed by atoms with Crippen molar-refractivity contribution in [2.75, 3.05) is 5.32 Å². The predicted octanol–water partition coefficient (Wildman–Crippen LogP) is 4.27. The minimum atomic E-state index is -0.969. The number of furan rings is 1. The van der Waals surface area contributed by atoms with E-state index in [0.717, 1.165) is 13.7 Å². The van der Waals surface area contributed by atoms with Gasteiger partial charge in [0.2, 0.25) is 0 Å². The van der Waals surface area contributed by atoms with Crippen LogP contribution in [0.25, 0.3) is 0 Å². The van der Waals surface area contributed by atoms with Gasteiger partial charge < -0.3 is 14.8 Å². The molecule has 0 aliphatic carbocycles. The molecular weight excluding hydrogens is 425 g/mol. The van der Waals surface area contributed by atoms with Gasteiger partial charge in [-0.2, -0.15) is 0 Å². The van der Waals surface area contributed by atoms with Crippen molar-refractivity contribution in [3.63, 3.8) is 0 Å². The average Bonchev–Trinajstić information content (AvgIpc) is 2.69. The molecule has 19 heavy (non-hydrogen) atoms. The Labute approximate surface area is 132 Å². The predicted molar refractivity (Wildman–Crippen MR) is 84.6 cm³/mol. The molecule has 100 valence electrons. The van der Waals surface area contributed by atoms with E-state index in [0.29, 0.717) is 18.1 Å². The van der Waals surface area contributed by atoms with Crippen LogP contribution in [0.5, 0.6) is 0 Å². The number of aryl methyl sites for hydroxylation is 1. The van der Waals surface area contributed by atoms with Crippen LogP contribution in [0.4, 0.5) is 5.69 Å². The molecule has 2 rings (SSSR count). The zero-order chi connectivity index (χ0) is 14.0. The highest BCUT2D eigenvalue weighted by molar-refractivity contribution is 14.1. The van der Waals surface area contributed by atoms with E-state index in [-0.39, 0.29) is 5.56 Å². The largest absolute Gasteiger partial charge is 0.478 e. The summed E-state index contributed by atoms with van der Waals surface area (Å²) in [5.41, 5.74) is 1.14. The van der Waals surface area contributed by atoms with E-state index in [4.69, 9.17) is 9.52 Å². The third-order valence-corrected chi connectivity index (χ3v) is 3.91. The van der Waals surface area contributed by atoms with Gasteiger partial charge in [-0.05, 0) is 69.7 Å². The first-order chi connectivity index (χ1) is 8.97. The minimum absolute atomic E-state index is 0.207. The van der Waals surface area contributed by atoms with Crippen LogP contribution in [0.1, 0.15) is 21.9 Å². The number of anilines is 1. The zero-order valence-corrected chi connectivity index (χ0v) is 13.8. The van der Waals surface area contributed by atoms with Crippen LogP contribution < -0.4 is 5.32 Å². The van der Waals surface area contributed by atoms with Gasteiger partial charge >= 0.3 is 5.97 Å². The first kappa shape index (κ1) is 14.4. The number of benzene rings is 1. The van der Waals surface area contributed by atoms with Gasteiger partial charge in [0.25, 0.3) is 0 Å². The topological polar surface area (TPSA) is 62.5 Å². The van der Waals surface area contributed by atoms with Crippen LogP contribution in [-0.2, 0) is 6.54 Å². The van der Waals surface area contributed by atoms with E-state index < -0.39 is 5.97 Å². The lowest BCUT2D eigenvalue weighted by atomic mass is 10.2. The summed E-state index contributed by atoms with van der Waals surface area (Å²) in [4.78, 5) is 10.9. The Morgan fingerprint density at radius 2 is 2.21 bits per heavy atom. The molecule has 1 aromatic heterocycles. The third kappa shape index (κ3) is 3.50. The molecule has 1 aromatic carbocycles. The third-order valence-electron chi connectivity index (χ3n) is 2.58. The number of carboxylic acid groups (broad SMARTS) is 1. The van der Waals surface area contributed by atoms with Crippen LogP contribution in [0, 0.1) is 10.5 Å². The number of carboxylic acids is 1. The van der Waals surface area contributed by atoms with Crippen LogP contribution >= 0.6 is 38.5 Å². The molecule has 2 aromatic rings. The van der Waals surface area contributed by atoms with Gasteiger partial charge in [0, 0.05) is 13.7 Å². The molecule has 0 fully saturated rings. The second-order valence-corrected chi connectivity index (χ2v) is 6.07. The first-order valence-corrected chi connectivity index (χ1v) is 7.36. The second kappa shape index (κ2) is 5.96. The highest BCUT2D eigenvalue weighted by Crippen LogP contribution is 2.25. The Morgan fingerprint density at radius 3 is 2.79 bits per heavy atom. The van der Waals surface area contributed by atoms with Crippen molar-refractivity contribution < 1.29 is 14.3 Å². The van der Waals surface area contributed by atoms with Gasteiger partial charge in [-0.3, -0.25) is 0 Å². The molecule has 6 heteroatoms. The summed E-state index contributed by atoms with van der Waals surface area (Å²) in [6.07, 6.45) is 0. The lowest BCUT2D eigenvalue weighted by Gasteiger charge is -2.07. The van der Waals surface area contributed by atoms with Crippen molar-refractivity contribution in [1.82, 2.24) is 0 Å². The summed E-state index contributed by atoms with van der Waals surface area (Å²) in [7, 11) is 0. The fourth-order valence-electron chi connectivity index (χ4n) is 1.66. The summed E-state index contributed by atoms with van der Waals surface area (Å²) in [5, 5.41) is 12.1. The van der Waals surface area contributed by atoms with Gasteiger partial charge in [0.15, 0.2) is 0 Å². The number of halogens is 2. The second-order valence-electron chi connectivity index (χ2n) is 3.97. The maximum Gasteiger partial charge on any atom is 0.339 e. The number of aromatic carboxylic acids is 1. The maximum absolute atomic E-state index is 10.9. The molecule has 0 aliphatic heterocycles. The van der Waals surface area contributed by atoms with Gasteiger partial charge in [0.1, 0.15) is 17.1 Å². The maximum atomic E-state index is 10.9. The van der Waals surface area contributed by atoms with Crippen molar-refractivity contribution in [3.8, 4) is 0 Å². The molecule has 0 spiro atoms. The summed E-state index contributed by atoms with van der Waals surface area (Å²) in [5.74, 6) is 0.0503. The molecule has 0 radical (unpaired) electrons. The number of carbonyl (C=O) groups is 1. The van der Waals surface area contributed by atoms with E-state index in [1.165, 1.54) is 0 Å². The Bertz CT molecular complexity index is 624. The fraction of sp³-hybridized carbons (Fsp3) is 0.154. The van der Waals surface area contributed by atoms with Gasteiger partial charge in [-0.1, -0.05) is 0 Å². The van der Waals surface area contributed by atoms with Gasteiger partial charge in [-0.25, -0.2) is 4.79 Å². The molecule has 0 saturated heterocycles. The molecule has 0 aliphatic rings. The highest BCUT2D eigenvalue weighted by Gasteiger charge is 2.13. The Kier molecular flexibility index (Phi) is 4.51. The zero-order valence-electron chi connectivity index (χ0n) is 10.0. The van der Waals surface area contributed by atoms with Crippen LogP contribution in [0.15, 0.2) is 33.2 Å². The molecule has 1 heterocycles. The minimum Gasteiger partial charge on any atom is -0.478 e. The molecule has 0 amide bonds. The average molecular weight is 436 g/mol. The summed E-state index contributed by atoms with van der Waals surface area (Å²) in [6.45, 7) is 2.08. The molecule has 0 bridgehead atoms. The van der Waals surface area contributed by atoms with E-state index >= 15 is 0 Å². The summed E-state index contributed by atoms with van der Waals surface area (Å²) in [6, 6.07) is 7.49. The molecular formula is C13H11BrINO3.